The molecule has 3 saturated heterocycles. The molecule has 3 amide bonds. The van der Waals surface area contributed by atoms with Gasteiger partial charge in [-0.05, 0) is 236 Å². The zero-order valence-electron chi connectivity index (χ0n) is 56.2. The highest BCUT2D eigenvalue weighted by Gasteiger charge is 2.35. The number of hydrazine groups is 3. The third kappa shape index (κ3) is 17.5. The predicted molar refractivity (Wildman–Crippen MR) is 424 cm³/mol. The van der Waals surface area contributed by atoms with Gasteiger partial charge in [-0.2, -0.15) is 15.3 Å². The summed E-state index contributed by atoms with van der Waals surface area (Å²) >= 11 is 61.4. The molecule has 0 spiro atoms. The van der Waals surface area contributed by atoms with E-state index in [4.69, 9.17) is 120 Å². The summed E-state index contributed by atoms with van der Waals surface area (Å²) in [6.45, 7) is 7.77. The summed E-state index contributed by atoms with van der Waals surface area (Å²) in [5.41, 5.74) is 21.8. The molecule has 0 radical (unpaired) electrons. The van der Waals surface area contributed by atoms with Gasteiger partial charge in [-0.25, -0.2) is 29.1 Å². The lowest BCUT2D eigenvalue weighted by molar-refractivity contribution is 0.0365. The number of hydrogen-bond acceptors (Lipinski definition) is 12. The van der Waals surface area contributed by atoms with Gasteiger partial charge < -0.3 is 0 Å². The molecule has 3 N–H and O–H groups in total. The molecule has 0 bridgehead atoms. The van der Waals surface area contributed by atoms with Crippen LogP contribution in [0.1, 0.15) is 196 Å². The van der Waals surface area contributed by atoms with E-state index in [0.29, 0.717) is 64.3 Å². The molecule has 9 heterocycles. The summed E-state index contributed by atoms with van der Waals surface area (Å²) < 4.78 is 7.66. The third-order valence-corrected chi connectivity index (χ3v) is 24.3. The molecule has 0 saturated carbocycles. The first-order valence-electron chi connectivity index (χ1n) is 34.6. The maximum absolute atomic E-state index is 13.6. The Labute approximate surface area is 651 Å². The molecule has 9 aromatic rings. The SMILES string of the molecule is CC1CCCC(C)N1NC(=O)c1nn(-c2ccc(Cl)cc2Cl)c2c1CCC/C2=C\c1ccc(Cl)s1.O=C(NN1CCCCC1)c1nn(-c2ccc(Cl)cc2Cl)c2c1CCC/C2=C\c1ccc(Cl)s1.O=C(NN1CCCCCC1)c1nn(-c2ccc(Cl)cc2Cl)c2c1CCC/C2=C\c1ccc(Cl)s1. The zero-order chi connectivity index (χ0) is 71.3. The molecule has 6 aromatic heterocycles. The van der Waals surface area contributed by atoms with Crippen molar-refractivity contribution in [2.75, 3.05) is 26.2 Å². The van der Waals surface area contributed by atoms with Crippen LogP contribution in [0.3, 0.4) is 0 Å². The fourth-order valence-electron chi connectivity index (χ4n) is 14.3. The molecule has 3 aliphatic heterocycles. The molecule has 27 heteroatoms. The number of thiophene rings is 3. The number of carbonyl (C=O) groups is 3. The second kappa shape index (κ2) is 34.0. The van der Waals surface area contributed by atoms with Crippen LogP contribution in [-0.2, 0) is 19.3 Å². The van der Waals surface area contributed by atoms with Crippen molar-refractivity contribution in [2.24, 2.45) is 0 Å². The Morgan fingerprint density at radius 2 is 0.706 bits per heavy atom. The highest BCUT2D eigenvalue weighted by Crippen LogP contribution is 2.43. The number of carbonyl (C=O) groups excluding carboxylic acids is 3. The number of aromatic nitrogens is 6. The van der Waals surface area contributed by atoms with E-state index in [0.717, 1.165) is 201 Å². The number of nitrogens with one attached hydrogen (secondary N) is 3. The van der Waals surface area contributed by atoms with Crippen molar-refractivity contribution in [2.45, 2.75) is 148 Å². The van der Waals surface area contributed by atoms with Gasteiger partial charge in [0.05, 0.1) is 62.2 Å². The largest absolute Gasteiger partial charge is 0.286 e. The monoisotopic (exact) mass is 1600 g/mol. The van der Waals surface area contributed by atoms with Crippen LogP contribution in [0, 0.1) is 0 Å². The van der Waals surface area contributed by atoms with Gasteiger partial charge in [0.25, 0.3) is 17.7 Å². The van der Waals surface area contributed by atoms with Gasteiger partial charge >= 0.3 is 0 Å². The van der Waals surface area contributed by atoms with Gasteiger partial charge in [0, 0.05) is 84.7 Å². The molecule has 15 nitrogen and oxygen atoms in total. The Hall–Kier alpha value is -5.49. The van der Waals surface area contributed by atoms with E-state index in [-0.39, 0.29) is 29.8 Å². The lowest BCUT2D eigenvalue weighted by Gasteiger charge is -2.38. The Bertz CT molecular complexity index is 4670. The van der Waals surface area contributed by atoms with Crippen molar-refractivity contribution in [3.05, 3.63) is 200 Å². The first-order valence-corrected chi connectivity index (χ1v) is 40.5. The molecule has 534 valence electrons. The van der Waals surface area contributed by atoms with Gasteiger partial charge in [0.1, 0.15) is 0 Å². The minimum atomic E-state index is -0.175. The molecule has 15 rings (SSSR count). The predicted octanol–water partition coefficient (Wildman–Crippen LogP) is 21.9. The molecular formula is C75H75Cl9N12O3S3. The van der Waals surface area contributed by atoms with Crippen LogP contribution in [0.2, 0.25) is 43.1 Å². The fraction of sp³-hybridized carbons (Fsp3) is 0.360. The summed E-state index contributed by atoms with van der Waals surface area (Å²) in [6, 6.07) is 28.3. The van der Waals surface area contributed by atoms with Gasteiger partial charge in [-0.15, -0.1) is 34.0 Å². The summed E-state index contributed by atoms with van der Waals surface area (Å²) in [5.74, 6) is -0.508. The smallest absolute Gasteiger partial charge is 0.283 e. The van der Waals surface area contributed by atoms with Gasteiger partial charge in [0.2, 0.25) is 0 Å². The zero-order valence-corrected chi connectivity index (χ0v) is 65.4. The number of hydrogen-bond donors (Lipinski definition) is 3. The average molecular weight is 1610 g/mol. The Balaban J connectivity index is 0.000000137. The van der Waals surface area contributed by atoms with Crippen molar-refractivity contribution in [3.63, 3.8) is 0 Å². The van der Waals surface area contributed by atoms with Crippen molar-refractivity contribution in [1.82, 2.24) is 60.6 Å². The first kappa shape index (κ1) is 74.8. The van der Waals surface area contributed by atoms with E-state index < -0.39 is 0 Å². The molecule has 3 fully saturated rings. The maximum Gasteiger partial charge on any atom is 0.286 e. The van der Waals surface area contributed by atoms with E-state index in [1.807, 2.05) is 74.0 Å². The summed E-state index contributed by atoms with van der Waals surface area (Å²) in [5, 5.41) is 23.7. The lowest BCUT2D eigenvalue weighted by atomic mass is 9.90. The average Bonchev–Trinajstić information content (AvgIpc) is 1.61. The van der Waals surface area contributed by atoms with Crippen molar-refractivity contribution in [3.8, 4) is 17.1 Å². The van der Waals surface area contributed by atoms with E-state index >= 15 is 0 Å². The number of benzene rings is 3. The van der Waals surface area contributed by atoms with Gasteiger partial charge in [-0.1, -0.05) is 130 Å². The fourth-order valence-corrected chi connectivity index (χ4v) is 18.9. The van der Waals surface area contributed by atoms with Crippen LogP contribution >= 0.6 is 138 Å². The quantitative estimate of drug-likeness (QED) is 0.109. The van der Waals surface area contributed by atoms with E-state index in [9.17, 15) is 14.4 Å². The topological polar surface area (TPSA) is 150 Å². The Kier molecular flexibility index (Phi) is 24.9. The van der Waals surface area contributed by atoms with Crippen molar-refractivity contribution in [1.29, 1.82) is 0 Å². The molecule has 3 aliphatic carbocycles. The number of piperidine rings is 2. The number of halogens is 9. The number of allylic oxidation sites excluding steroid dienone is 3. The second-order valence-electron chi connectivity index (χ2n) is 26.4. The highest BCUT2D eigenvalue weighted by molar-refractivity contribution is 7.17. The number of nitrogens with zero attached hydrogens (tertiary/aromatic N) is 9. The Morgan fingerprint density at radius 1 is 0.392 bits per heavy atom. The molecule has 102 heavy (non-hydrogen) atoms. The maximum atomic E-state index is 13.6. The molecule has 2 unspecified atom stereocenters. The van der Waals surface area contributed by atoms with Crippen molar-refractivity contribution >= 4 is 191 Å². The van der Waals surface area contributed by atoms with Crippen molar-refractivity contribution < 1.29 is 14.4 Å². The van der Waals surface area contributed by atoms with Crippen LogP contribution in [0.5, 0.6) is 0 Å². The number of amides is 3. The molecular weight excluding hydrogens is 1530 g/mol. The minimum Gasteiger partial charge on any atom is -0.283 e. The summed E-state index contributed by atoms with van der Waals surface area (Å²) in [7, 11) is 0. The third-order valence-electron chi connectivity index (χ3n) is 19.2. The minimum absolute atomic E-state index is 0.164. The highest BCUT2D eigenvalue weighted by atomic mass is 35.5. The van der Waals surface area contributed by atoms with Crippen LogP contribution in [0.25, 0.3) is 52.0 Å². The van der Waals surface area contributed by atoms with Gasteiger partial charge in [-0.3, -0.25) is 30.7 Å². The molecule has 3 aromatic carbocycles. The summed E-state index contributed by atoms with van der Waals surface area (Å²) in [4.78, 5) is 43.6. The number of rotatable bonds is 12. The standard InChI is InChI=1S/C26H27Cl3N4OS.C25H25Cl3N4OS.C24H23Cl3N4OS/c1-15-5-3-6-16(2)32(15)31-26(34)24-20-8-4-7-17(13-19-10-12-23(29)35-19)25(20)33(30-24)22-11-9-18(27)14-21(22)28;26-17-8-10-21(20(27)15-17)32-24-16(14-18-9-11-22(28)34-18)6-5-7-19(24)23(29-32)25(33)30-31-12-3-1-2-4-13-31;25-16-7-9-20(19(26)14-16)31-23-15(13-17-8-10-21(27)33-17)5-4-6-18(23)22(28-31)24(32)29-30-11-2-1-3-12-30/h9-16H,3-8H2,1-2H3,(H,31,34);8-11,14-15H,1-7,12-13H2,(H,30,33);7-10,13-14H,1-6,11-12H2,(H,29,32)/b17-13+;16-14+;15-13+. The normalized spacial score (nSPS) is 19.3. The van der Waals surface area contributed by atoms with E-state index in [2.05, 4.69) is 53.4 Å². The van der Waals surface area contributed by atoms with E-state index in [1.54, 1.807) is 41.1 Å². The molecule has 2 atom stereocenters. The van der Waals surface area contributed by atoms with E-state index in [1.165, 1.54) is 59.7 Å². The summed E-state index contributed by atoms with van der Waals surface area (Å²) in [6.07, 6.45) is 25.5. The van der Waals surface area contributed by atoms with Crippen LogP contribution in [0.4, 0.5) is 0 Å². The Morgan fingerprint density at radius 3 is 1.01 bits per heavy atom. The lowest BCUT2D eigenvalue weighted by Crippen LogP contribution is -2.54. The molecule has 6 aliphatic rings. The second-order valence-corrected chi connectivity index (χ2v) is 34.1. The van der Waals surface area contributed by atoms with Crippen LogP contribution in [0.15, 0.2) is 91.0 Å². The number of fused-ring (bicyclic) bond motifs is 3. The van der Waals surface area contributed by atoms with Crippen LogP contribution in [-0.4, -0.2) is 100 Å². The van der Waals surface area contributed by atoms with Crippen LogP contribution < -0.4 is 16.3 Å². The first-order chi connectivity index (χ1) is 49.3. The van der Waals surface area contributed by atoms with Gasteiger partial charge in [0.15, 0.2) is 17.1 Å².